The number of carbonyl (C=O) groups is 2. The van der Waals surface area contributed by atoms with Gasteiger partial charge in [-0.25, -0.2) is 0 Å². The Kier molecular flexibility index (Phi) is 5.98. The first-order chi connectivity index (χ1) is 15.4. The fourth-order valence-corrected chi connectivity index (χ4v) is 3.85. The fraction of sp³-hybridized carbons (Fsp3) is 0.200. The second kappa shape index (κ2) is 9.01. The van der Waals surface area contributed by atoms with E-state index in [0.29, 0.717) is 31.5 Å². The maximum Gasteiger partial charge on any atom is 0.254 e. The summed E-state index contributed by atoms with van der Waals surface area (Å²) in [5.74, 6) is -2.25. The number of hydrogen-bond acceptors (Lipinski definition) is 5. The third-order valence-electron chi connectivity index (χ3n) is 5.69. The van der Waals surface area contributed by atoms with Crippen molar-refractivity contribution < 1.29 is 24.9 Å². The number of rotatable bonds is 4. The van der Waals surface area contributed by atoms with Crippen molar-refractivity contribution in [3.8, 4) is 28.4 Å². The van der Waals surface area contributed by atoms with Crippen molar-refractivity contribution in [2.75, 3.05) is 13.1 Å². The highest BCUT2D eigenvalue weighted by Gasteiger charge is 2.26. The Bertz CT molecular complexity index is 1100. The van der Waals surface area contributed by atoms with Gasteiger partial charge in [-0.05, 0) is 48.2 Å². The Hall–Kier alpha value is -4.00. The minimum Gasteiger partial charge on any atom is -0.504 e. The number of amides is 2. The molecule has 0 aliphatic carbocycles. The molecule has 0 aromatic heterocycles. The number of phenols is 3. The number of hydrogen-bond donors (Lipinski definition) is 4. The number of aromatic hydroxyl groups is 3. The van der Waals surface area contributed by atoms with Crippen LogP contribution in [0.4, 0.5) is 0 Å². The number of nitrogens with one attached hydrogen (secondary N) is 1. The summed E-state index contributed by atoms with van der Waals surface area (Å²) in [5, 5.41) is 31.7. The maximum atomic E-state index is 12.6. The van der Waals surface area contributed by atoms with E-state index in [-0.39, 0.29) is 23.4 Å². The average Bonchev–Trinajstić information content (AvgIpc) is 2.83. The number of piperidine rings is 1. The van der Waals surface area contributed by atoms with Crippen molar-refractivity contribution in [1.29, 1.82) is 0 Å². The van der Waals surface area contributed by atoms with Gasteiger partial charge in [-0.15, -0.1) is 0 Å². The van der Waals surface area contributed by atoms with E-state index in [1.165, 1.54) is 0 Å². The molecule has 1 fully saturated rings. The number of carbonyl (C=O) groups excluding carboxylic acids is 2. The van der Waals surface area contributed by atoms with Gasteiger partial charge in [-0.1, -0.05) is 42.5 Å². The zero-order chi connectivity index (χ0) is 22.7. The minimum absolute atomic E-state index is 0.0537. The highest BCUT2D eigenvalue weighted by molar-refractivity contribution is 5.96. The van der Waals surface area contributed by atoms with Crippen molar-refractivity contribution in [2.45, 2.75) is 18.9 Å². The van der Waals surface area contributed by atoms with Crippen molar-refractivity contribution in [2.24, 2.45) is 0 Å². The topological polar surface area (TPSA) is 110 Å². The Balaban J connectivity index is 1.33. The molecule has 4 N–H and O–H groups in total. The summed E-state index contributed by atoms with van der Waals surface area (Å²) in [6.07, 6.45) is 1.19. The number of likely N-dealkylation sites (tertiary alicyclic amines) is 1. The summed E-state index contributed by atoms with van der Waals surface area (Å²) in [7, 11) is 0. The van der Waals surface area contributed by atoms with Crippen molar-refractivity contribution in [3.05, 3.63) is 77.9 Å². The lowest BCUT2D eigenvalue weighted by Gasteiger charge is -2.32. The Morgan fingerprint density at radius 2 is 1.34 bits per heavy atom. The molecule has 2 amide bonds. The molecule has 0 bridgehead atoms. The van der Waals surface area contributed by atoms with E-state index in [1.807, 2.05) is 42.5 Å². The third-order valence-corrected chi connectivity index (χ3v) is 5.69. The summed E-state index contributed by atoms with van der Waals surface area (Å²) in [6.45, 7) is 0.859. The molecular formula is C25H24N2O5. The van der Waals surface area contributed by atoms with Crippen molar-refractivity contribution >= 4 is 11.8 Å². The average molecular weight is 432 g/mol. The maximum absolute atomic E-state index is 12.6. The van der Waals surface area contributed by atoms with Gasteiger partial charge >= 0.3 is 0 Å². The molecule has 32 heavy (non-hydrogen) atoms. The molecule has 0 radical (unpaired) electrons. The normalized spacial score (nSPS) is 14.2. The van der Waals surface area contributed by atoms with Gasteiger partial charge in [-0.2, -0.15) is 0 Å². The summed E-state index contributed by atoms with van der Waals surface area (Å²) < 4.78 is 0. The number of benzene rings is 3. The molecule has 0 unspecified atom stereocenters. The smallest absolute Gasteiger partial charge is 0.254 e. The van der Waals surface area contributed by atoms with E-state index in [4.69, 9.17) is 0 Å². The molecule has 7 nitrogen and oxygen atoms in total. The molecule has 164 valence electrons. The monoisotopic (exact) mass is 432 g/mol. The van der Waals surface area contributed by atoms with Gasteiger partial charge in [-0.3, -0.25) is 9.59 Å². The van der Waals surface area contributed by atoms with Crippen molar-refractivity contribution in [3.63, 3.8) is 0 Å². The molecule has 1 heterocycles. The van der Waals surface area contributed by atoms with Crippen LogP contribution in [0.15, 0.2) is 66.7 Å². The van der Waals surface area contributed by atoms with Gasteiger partial charge < -0.3 is 25.5 Å². The molecular weight excluding hydrogens is 408 g/mol. The van der Waals surface area contributed by atoms with E-state index in [9.17, 15) is 24.9 Å². The molecule has 1 aliphatic heterocycles. The van der Waals surface area contributed by atoms with Gasteiger partial charge in [0.2, 0.25) is 0 Å². The third kappa shape index (κ3) is 4.51. The van der Waals surface area contributed by atoms with Crippen LogP contribution in [0.5, 0.6) is 17.2 Å². The summed E-state index contributed by atoms with van der Waals surface area (Å²) in [6, 6.07) is 19.6. The van der Waals surface area contributed by atoms with Crippen LogP contribution in [-0.4, -0.2) is 51.2 Å². The Labute approximate surface area is 185 Å². The molecule has 4 rings (SSSR count). The van der Waals surface area contributed by atoms with Gasteiger partial charge in [0.15, 0.2) is 17.2 Å². The molecule has 0 saturated carbocycles. The van der Waals surface area contributed by atoms with Crippen LogP contribution in [0.25, 0.3) is 11.1 Å². The fourth-order valence-electron chi connectivity index (χ4n) is 3.85. The van der Waals surface area contributed by atoms with Gasteiger partial charge in [0.25, 0.3) is 11.8 Å². The predicted molar refractivity (Wildman–Crippen MR) is 120 cm³/mol. The second-order valence-corrected chi connectivity index (χ2v) is 7.85. The predicted octanol–water partition coefficient (Wildman–Crippen LogP) is 3.51. The summed E-state index contributed by atoms with van der Waals surface area (Å²) in [5.41, 5.74) is 2.81. The standard InChI is InChI=1S/C25H24N2O5/c28-21-14-19(15-22(29)23(21)30)25(32)27-12-10-20(11-13-27)26-24(31)18-8-6-17(7-9-18)16-4-2-1-3-5-16/h1-9,14-15,20,28-30H,10-13H2,(H,26,31). The SMILES string of the molecule is O=C(NC1CCN(C(=O)c2cc(O)c(O)c(O)c2)CC1)c1ccc(-c2ccccc2)cc1. The zero-order valence-corrected chi connectivity index (χ0v) is 17.4. The second-order valence-electron chi connectivity index (χ2n) is 7.85. The van der Waals surface area contributed by atoms with Crippen LogP contribution in [0.2, 0.25) is 0 Å². The van der Waals surface area contributed by atoms with Gasteiger partial charge in [0.05, 0.1) is 0 Å². The van der Waals surface area contributed by atoms with E-state index in [0.717, 1.165) is 23.3 Å². The number of phenolic OH excluding ortho intramolecular Hbond substituents is 3. The number of nitrogens with zero attached hydrogens (tertiary/aromatic N) is 1. The molecule has 1 aliphatic rings. The lowest BCUT2D eigenvalue weighted by Crippen LogP contribution is -2.46. The van der Waals surface area contributed by atoms with Crippen molar-refractivity contribution in [1.82, 2.24) is 10.2 Å². The van der Waals surface area contributed by atoms with E-state index in [1.54, 1.807) is 17.0 Å². The highest BCUT2D eigenvalue weighted by Crippen LogP contribution is 2.35. The highest BCUT2D eigenvalue weighted by atomic mass is 16.3. The summed E-state index contributed by atoms with van der Waals surface area (Å²) in [4.78, 5) is 26.9. The van der Waals surface area contributed by atoms with Gasteiger partial charge in [0, 0.05) is 30.3 Å². The lowest BCUT2D eigenvalue weighted by molar-refractivity contribution is 0.0697. The largest absolute Gasteiger partial charge is 0.504 e. The molecule has 3 aromatic carbocycles. The zero-order valence-electron chi connectivity index (χ0n) is 17.4. The van der Waals surface area contributed by atoms with Crippen LogP contribution in [0, 0.1) is 0 Å². The van der Waals surface area contributed by atoms with Crippen LogP contribution in [-0.2, 0) is 0 Å². The van der Waals surface area contributed by atoms with Crippen LogP contribution < -0.4 is 5.32 Å². The molecule has 7 heteroatoms. The Morgan fingerprint density at radius 1 is 0.781 bits per heavy atom. The van der Waals surface area contributed by atoms with Gasteiger partial charge in [0.1, 0.15) is 0 Å². The summed E-state index contributed by atoms with van der Waals surface area (Å²) >= 11 is 0. The molecule has 0 atom stereocenters. The quantitative estimate of drug-likeness (QED) is 0.472. The molecule has 0 spiro atoms. The molecule has 1 saturated heterocycles. The first-order valence-electron chi connectivity index (χ1n) is 10.4. The first kappa shape index (κ1) is 21.2. The minimum atomic E-state index is -0.653. The van der Waals surface area contributed by atoms with E-state index in [2.05, 4.69) is 5.32 Å². The van der Waals surface area contributed by atoms with Crippen LogP contribution in [0.3, 0.4) is 0 Å². The Morgan fingerprint density at radius 3 is 1.94 bits per heavy atom. The lowest BCUT2D eigenvalue weighted by atomic mass is 10.0. The van der Waals surface area contributed by atoms with E-state index >= 15 is 0 Å². The molecule has 3 aromatic rings. The first-order valence-corrected chi connectivity index (χ1v) is 10.4. The van der Waals surface area contributed by atoms with Crippen LogP contribution >= 0.6 is 0 Å². The van der Waals surface area contributed by atoms with E-state index < -0.39 is 17.2 Å². The van der Waals surface area contributed by atoms with Crippen LogP contribution in [0.1, 0.15) is 33.6 Å².